The van der Waals surface area contributed by atoms with Gasteiger partial charge < -0.3 is 4.74 Å². The molecule has 0 saturated carbocycles. The van der Waals surface area contributed by atoms with Crippen molar-refractivity contribution in [3.63, 3.8) is 0 Å². The Labute approximate surface area is 125 Å². The average molecular weight is 306 g/mol. The first kappa shape index (κ1) is 15.5. The first-order valence-electron chi connectivity index (χ1n) is 6.68. The Morgan fingerprint density at radius 1 is 1.14 bits per heavy atom. The maximum absolute atomic E-state index is 12.3. The van der Waals surface area contributed by atoms with Crippen molar-refractivity contribution in [3.8, 4) is 5.75 Å². The summed E-state index contributed by atoms with van der Waals surface area (Å²) in [5.41, 5.74) is 0.861. The Kier molecular flexibility index (Phi) is 4.93. The van der Waals surface area contributed by atoms with Crippen LogP contribution >= 0.6 is 0 Å². The fourth-order valence-electron chi connectivity index (χ4n) is 1.90. The summed E-state index contributed by atoms with van der Waals surface area (Å²) in [7, 11) is -3.57. The largest absolute Gasteiger partial charge is 0.494 e. The van der Waals surface area contributed by atoms with Crippen molar-refractivity contribution in [3.05, 3.63) is 54.4 Å². The van der Waals surface area contributed by atoms with Crippen LogP contribution in [0.4, 0.5) is 0 Å². The summed E-state index contributed by atoms with van der Waals surface area (Å²) in [5, 5.41) is 0. The van der Waals surface area contributed by atoms with E-state index in [0.29, 0.717) is 12.4 Å². The topological polar surface area (TPSA) is 68.3 Å². The van der Waals surface area contributed by atoms with Crippen LogP contribution in [0.1, 0.15) is 25.5 Å². The lowest BCUT2D eigenvalue weighted by molar-refractivity contribution is 0.340. The Morgan fingerprint density at radius 3 is 2.33 bits per heavy atom. The van der Waals surface area contributed by atoms with Crippen LogP contribution in [0, 0.1) is 0 Å². The zero-order valence-electron chi connectivity index (χ0n) is 12.0. The maximum Gasteiger partial charge on any atom is 0.241 e. The number of ether oxygens (including phenoxy) is 1. The molecular formula is C15H18N2O3S. The lowest BCUT2D eigenvalue weighted by Gasteiger charge is -2.14. The SMILES string of the molecule is CCOc1ccc(S(=O)(=O)N[C@H](C)c2ccncc2)cc1. The molecule has 0 spiro atoms. The zero-order valence-corrected chi connectivity index (χ0v) is 12.8. The molecule has 6 heteroatoms. The van der Waals surface area contributed by atoms with Gasteiger partial charge in [0.25, 0.3) is 0 Å². The monoisotopic (exact) mass is 306 g/mol. The minimum absolute atomic E-state index is 0.215. The molecule has 2 rings (SSSR count). The molecule has 112 valence electrons. The Balaban J connectivity index is 2.14. The van der Waals surface area contributed by atoms with Gasteiger partial charge in [0.15, 0.2) is 0 Å². The summed E-state index contributed by atoms with van der Waals surface area (Å²) in [6, 6.07) is 9.60. The molecule has 1 heterocycles. The highest BCUT2D eigenvalue weighted by Crippen LogP contribution is 2.19. The predicted octanol–water partition coefficient (Wildman–Crippen LogP) is 2.52. The van der Waals surface area contributed by atoms with Crippen molar-refractivity contribution in [2.75, 3.05) is 6.61 Å². The minimum Gasteiger partial charge on any atom is -0.494 e. The number of nitrogens with zero attached hydrogens (tertiary/aromatic N) is 1. The van der Waals surface area contributed by atoms with Gasteiger partial charge in [-0.2, -0.15) is 0 Å². The molecule has 1 aromatic carbocycles. The van der Waals surface area contributed by atoms with E-state index in [1.807, 2.05) is 6.92 Å². The molecule has 1 aromatic heterocycles. The Morgan fingerprint density at radius 2 is 1.76 bits per heavy atom. The van der Waals surface area contributed by atoms with E-state index in [9.17, 15) is 8.42 Å². The standard InChI is InChI=1S/C15H18N2O3S/c1-3-20-14-4-6-15(7-5-14)21(18,19)17-12(2)13-8-10-16-11-9-13/h4-12,17H,3H2,1-2H3/t12-/m1/s1. The lowest BCUT2D eigenvalue weighted by atomic mass is 10.1. The maximum atomic E-state index is 12.3. The van der Waals surface area contributed by atoms with Crippen molar-refractivity contribution in [1.82, 2.24) is 9.71 Å². The molecule has 0 aliphatic carbocycles. The van der Waals surface area contributed by atoms with E-state index in [1.54, 1.807) is 43.6 Å². The summed E-state index contributed by atoms with van der Waals surface area (Å²) >= 11 is 0. The molecule has 0 saturated heterocycles. The van der Waals surface area contributed by atoms with Crippen molar-refractivity contribution < 1.29 is 13.2 Å². The molecule has 0 radical (unpaired) electrons. The fraction of sp³-hybridized carbons (Fsp3) is 0.267. The molecule has 5 nitrogen and oxygen atoms in total. The van der Waals surface area contributed by atoms with E-state index in [0.717, 1.165) is 5.56 Å². The summed E-state index contributed by atoms with van der Waals surface area (Å²) < 4.78 is 32.6. The molecule has 1 atom stereocenters. The van der Waals surface area contributed by atoms with E-state index < -0.39 is 10.0 Å². The van der Waals surface area contributed by atoms with Crippen LogP contribution in [0.2, 0.25) is 0 Å². The highest BCUT2D eigenvalue weighted by molar-refractivity contribution is 7.89. The predicted molar refractivity (Wildman–Crippen MR) is 80.6 cm³/mol. The van der Waals surface area contributed by atoms with Gasteiger partial charge in [-0.1, -0.05) is 0 Å². The van der Waals surface area contributed by atoms with E-state index >= 15 is 0 Å². The molecular weight excluding hydrogens is 288 g/mol. The quantitative estimate of drug-likeness (QED) is 0.890. The van der Waals surface area contributed by atoms with Crippen LogP contribution in [0.3, 0.4) is 0 Å². The Bertz CT molecular complexity index is 670. The number of rotatable bonds is 6. The third-order valence-electron chi connectivity index (χ3n) is 2.98. The smallest absolute Gasteiger partial charge is 0.241 e. The first-order valence-corrected chi connectivity index (χ1v) is 8.16. The van der Waals surface area contributed by atoms with Gasteiger partial charge in [-0.25, -0.2) is 13.1 Å². The van der Waals surface area contributed by atoms with Gasteiger partial charge in [0, 0.05) is 18.4 Å². The van der Waals surface area contributed by atoms with Gasteiger partial charge in [-0.3, -0.25) is 4.98 Å². The highest BCUT2D eigenvalue weighted by atomic mass is 32.2. The second kappa shape index (κ2) is 6.69. The van der Waals surface area contributed by atoms with Crippen molar-refractivity contribution in [2.24, 2.45) is 0 Å². The molecule has 0 aliphatic rings. The van der Waals surface area contributed by atoms with Gasteiger partial charge >= 0.3 is 0 Å². The molecule has 2 aromatic rings. The van der Waals surface area contributed by atoms with Crippen LogP contribution < -0.4 is 9.46 Å². The van der Waals surface area contributed by atoms with Crippen LogP contribution in [0.5, 0.6) is 5.75 Å². The van der Waals surface area contributed by atoms with Gasteiger partial charge in [0.05, 0.1) is 11.5 Å². The second-order valence-electron chi connectivity index (χ2n) is 4.53. The molecule has 0 aliphatic heterocycles. The fourth-order valence-corrected chi connectivity index (χ4v) is 3.13. The van der Waals surface area contributed by atoms with Crippen LogP contribution in [-0.2, 0) is 10.0 Å². The van der Waals surface area contributed by atoms with Gasteiger partial charge in [-0.15, -0.1) is 0 Å². The van der Waals surface area contributed by atoms with Gasteiger partial charge in [-0.05, 0) is 55.8 Å². The van der Waals surface area contributed by atoms with Crippen molar-refractivity contribution >= 4 is 10.0 Å². The number of nitrogens with one attached hydrogen (secondary N) is 1. The van der Waals surface area contributed by atoms with Gasteiger partial charge in [0.1, 0.15) is 5.75 Å². The number of aromatic nitrogens is 1. The van der Waals surface area contributed by atoms with Crippen molar-refractivity contribution in [1.29, 1.82) is 0 Å². The van der Waals surface area contributed by atoms with Crippen molar-refractivity contribution in [2.45, 2.75) is 24.8 Å². The Hall–Kier alpha value is -1.92. The second-order valence-corrected chi connectivity index (χ2v) is 6.24. The van der Waals surface area contributed by atoms with E-state index in [4.69, 9.17) is 4.74 Å². The zero-order chi connectivity index (χ0) is 15.3. The molecule has 0 bridgehead atoms. The van der Waals surface area contributed by atoms with E-state index in [2.05, 4.69) is 9.71 Å². The summed E-state index contributed by atoms with van der Waals surface area (Å²) in [5.74, 6) is 0.652. The number of hydrogen-bond donors (Lipinski definition) is 1. The van der Waals surface area contributed by atoms with Crippen LogP contribution in [-0.4, -0.2) is 20.0 Å². The van der Waals surface area contributed by atoms with Gasteiger partial charge in [0.2, 0.25) is 10.0 Å². The number of hydrogen-bond acceptors (Lipinski definition) is 4. The number of sulfonamides is 1. The normalized spacial score (nSPS) is 12.9. The molecule has 21 heavy (non-hydrogen) atoms. The average Bonchev–Trinajstić information content (AvgIpc) is 2.48. The summed E-state index contributed by atoms with van der Waals surface area (Å²) in [6.45, 7) is 4.22. The van der Waals surface area contributed by atoms with Crippen LogP contribution in [0.25, 0.3) is 0 Å². The van der Waals surface area contributed by atoms with E-state index in [-0.39, 0.29) is 10.9 Å². The third kappa shape index (κ3) is 4.03. The molecule has 1 N–H and O–H groups in total. The highest BCUT2D eigenvalue weighted by Gasteiger charge is 2.18. The van der Waals surface area contributed by atoms with Crippen LogP contribution in [0.15, 0.2) is 53.7 Å². The third-order valence-corrected chi connectivity index (χ3v) is 4.54. The van der Waals surface area contributed by atoms with E-state index in [1.165, 1.54) is 12.1 Å². The summed E-state index contributed by atoms with van der Waals surface area (Å²) in [4.78, 5) is 4.13. The number of pyridine rings is 1. The molecule has 0 amide bonds. The number of benzene rings is 1. The summed E-state index contributed by atoms with van der Waals surface area (Å²) in [6.07, 6.45) is 3.27. The lowest BCUT2D eigenvalue weighted by Crippen LogP contribution is -2.26. The first-order chi connectivity index (χ1) is 10.0. The minimum atomic E-state index is -3.57. The molecule has 0 fully saturated rings. The molecule has 0 unspecified atom stereocenters.